The molecule has 1 aliphatic rings. The minimum absolute atomic E-state index is 0.146. The van der Waals surface area contributed by atoms with Crippen molar-refractivity contribution in [1.82, 2.24) is 14.5 Å². The van der Waals surface area contributed by atoms with Gasteiger partial charge in [0.1, 0.15) is 11.4 Å². The normalized spacial score (nSPS) is 15.5. The molecular weight excluding hydrogens is 460 g/mol. The van der Waals surface area contributed by atoms with Gasteiger partial charge < -0.3 is 10.1 Å². The number of hydrogen-bond donors (Lipinski definition) is 1. The molecule has 0 saturated heterocycles. The molecule has 3 heterocycles. The fraction of sp³-hybridized carbons (Fsp3) is 0.348. The summed E-state index contributed by atoms with van der Waals surface area (Å²) < 4.78 is 7.14. The zero-order valence-electron chi connectivity index (χ0n) is 18.2. The second-order valence-electron chi connectivity index (χ2n) is 8.18. The van der Waals surface area contributed by atoms with Crippen LogP contribution < -0.4 is 10.9 Å². The predicted molar refractivity (Wildman–Crippen MR) is 129 cm³/mol. The maximum Gasteiger partial charge on any atom is 0.338 e. The first kappa shape index (κ1) is 21.7. The van der Waals surface area contributed by atoms with Crippen LogP contribution in [0.15, 0.2) is 29.3 Å². The molecule has 0 fully saturated rings. The minimum Gasteiger partial charge on any atom is -0.462 e. The second-order valence-corrected chi connectivity index (χ2v) is 10.3. The molecule has 8 nitrogen and oxygen atoms in total. The lowest BCUT2D eigenvalue weighted by atomic mass is 9.89. The van der Waals surface area contributed by atoms with Gasteiger partial charge in [0, 0.05) is 4.88 Å². The molecule has 5 rings (SSSR count). The van der Waals surface area contributed by atoms with Gasteiger partial charge in [0.15, 0.2) is 5.13 Å². The number of hydrogen-bond acceptors (Lipinski definition) is 8. The lowest BCUT2D eigenvalue weighted by Crippen LogP contribution is -2.28. The Morgan fingerprint density at radius 1 is 1.30 bits per heavy atom. The van der Waals surface area contributed by atoms with E-state index in [1.54, 1.807) is 36.5 Å². The fourth-order valence-electron chi connectivity index (χ4n) is 4.11. The number of carbonyl (C=O) groups is 2. The summed E-state index contributed by atoms with van der Waals surface area (Å²) >= 11 is 2.85. The summed E-state index contributed by atoms with van der Waals surface area (Å²) in [6.45, 7) is 4.13. The number of amides is 1. The third kappa shape index (κ3) is 4.16. The number of anilines is 1. The topological polar surface area (TPSA) is 103 Å². The highest BCUT2D eigenvalue weighted by Gasteiger charge is 2.23. The van der Waals surface area contributed by atoms with Crippen LogP contribution in [0.2, 0.25) is 0 Å². The van der Waals surface area contributed by atoms with E-state index in [0.29, 0.717) is 34.1 Å². The fourth-order valence-corrected chi connectivity index (χ4v) is 6.37. The Hall–Kier alpha value is -3.11. The number of thiophene rings is 1. The summed E-state index contributed by atoms with van der Waals surface area (Å²) in [5.74, 6) is -0.146. The molecule has 0 aliphatic heterocycles. The number of rotatable bonds is 5. The molecule has 33 heavy (non-hydrogen) atoms. The van der Waals surface area contributed by atoms with Gasteiger partial charge in [-0.25, -0.2) is 14.8 Å². The molecule has 170 valence electrons. The first-order chi connectivity index (χ1) is 15.9. The molecule has 0 saturated carbocycles. The van der Waals surface area contributed by atoms with E-state index in [4.69, 9.17) is 4.74 Å². The van der Waals surface area contributed by atoms with Gasteiger partial charge in [0.2, 0.25) is 5.91 Å². The lowest BCUT2D eigenvalue weighted by molar-refractivity contribution is -0.116. The molecule has 1 aliphatic carbocycles. The Balaban J connectivity index is 1.36. The van der Waals surface area contributed by atoms with Crippen molar-refractivity contribution in [3.8, 4) is 0 Å². The van der Waals surface area contributed by atoms with E-state index in [-0.39, 0.29) is 18.0 Å². The predicted octanol–water partition coefficient (Wildman–Crippen LogP) is 4.01. The summed E-state index contributed by atoms with van der Waals surface area (Å²) in [6.07, 6.45) is 4.36. The Morgan fingerprint density at radius 2 is 2.15 bits per heavy atom. The van der Waals surface area contributed by atoms with Crippen LogP contribution in [0.4, 0.5) is 5.13 Å². The van der Waals surface area contributed by atoms with Gasteiger partial charge in [-0.05, 0) is 55.9 Å². The summed E-state index contributed by atoms with van der Waals surface area (Å²) in [5, 5.41) is 3.82. The highest BCUT2D eigenvalue weighted by atomic mass is 32.1. The Morgan fingerprint density at radius 3 is 2.97 bits per heavy atom. The van der Waals surface area contributed by atoms with Crippen LogP contribution in [0.1, 0.15) is 41.1 Å². The van der Waals surface area contributed by atoms with Gasteiger partial charge in [-0.1, -0.05) is 18.3 Å². The van der Waals surface area contributed by atoms with Crippen molar-refractivity contribution in [3.63, 3.8) is 0 Å². The third-order valence-corrected chi connectivity index (χ3v) is 7.84. The van der Waals surface area contributed by atoms with Gasteiger partial charge in [0.25, 0.3) is 5.56 Å². The van der Waals surface area contributed by atoms with Crippen molar-refractivity contribution >= 4 is 60.1 Å². The Labute approximate surface area is 197 Å². The van der Waals surface area contributed by atoms with Crippen LogP contribution >= 0.6 is 22.7 Å². The first-order valence-corrected chi connectivity index (χ1v) is 12.4. The number of esters is 1. The Kier molecular flexibility index (Phi) is 5.71. The van der Waals surface area contributed by atoms with Crippen LogP contribution in [-0.4, -0.2) is 33.0 Å². The first-order valence-electron chi connectivity index (χ1n) is 10.8. The average Bonchev–Trinajstić information content (AvgIpc) is 3.35. The molecule has 10 heteroatoms. The minimum atomic E-state index is -0.397. The molecule has 1 unspecified atom stereocenters. The van der Waals surface area contributed by atoms with E-state index >= 15 is 0 Å². The van der Waals surface area contributed by atoms with Crippen molar-refractivity contribution in [2.45, 2.75) is 39.7 Å². The molecular formula is C23H22N4O4S2. The van der Waals surface area contributed by atoms with E-state index in [0.717, 1.165) is 34.4 Å². The summed E-state index contributed by atoms with van der Waals surface area (Å²) in [4.78, 5) is 48.6. The van der Waals surface area contributed by atoms with Crippen molar-refractivity contribution in [1.29, 1.82) is 0 Å². The molecule has 1 amide bonds. The van der Waals surface area contributed by atoms with Gasteiger partial charge in [-0.2, -0.15) is 0 Å². The summed E-state index contributed by atoms with van der Waals surface area (Å²) in [6, 6.07) is 5.06. The number of ether oxygens (including phenoxy) is 1. The maximum absolute atomic E-state index is 13.1. The summed E-state index contributed by atoms with van der Waals surface area (Å²) in [5.41, 5.74) is 2.03. The van der Waals surface area contributed by atoms with Crippen LogP contribution in [0.5, 0.6) is 0 Å². The summed E-state index contributed by atoms with van der Waals surface area (Å²) in [7, 11) is 0. The van der Waals surface area contributed by atoms with Crippen LogP contribution in [0, 0.1) is 5.92 Å². The van der Waals surface area contributed by atoms with Gasteiger partial charge in [-0.15, -0.1) is 11.3 Å². The number of fused-ring (bicyclic) bond motifs is 4. The molecule has 0 radical (unpaired) electrons. The third-order valence-electron chi connectivity index (χ3n) is 5.74. The number of benzene rings is 1. The van der Waals surface area contributed by atoms with Gasteiger partial charge in [-0.3, -0.25) is 14.2 Å². The number of aryl methyl sites for hydroxylation is 1. The molecule has 4 aromatic rings. The van der Waals surface area contributed by atoms with Crippen molar-refractivity contribution in [2.75, 3.05) is 11.9 Å². The molecule has 1 aromatic carbocycles. The highest BCUT2D eigenvalue weighted by molar-refractivity contribution is 7.22. The van der Waals surface area contributed by atoms with Gasteiger partial charge in [0.05, 0.1) is 34.1 Å². The van der Waals surface area contributed by atoms with E-state index < -0.39 is 5.97 Å². The maximum atomic E-state index is 13.1. The van der Waals surface area contributed by atoms with Crippen molar-refractivity contribution in [3.05, 3.63) is 50.9 Å². The highest BCUT2D eigenvalue weighted by Crippen LogP contribution is 2.35. The van der Waals surface area contributed by atoms with E-state index in [9.17, 15) is 14.4 Å². The second kappa shape index (κ2) is 8.68. The van der Waals surface area contributed by atoms with Crippen LogP contribution in [0.3, 0.4) is 0 Å². The molecule has 0 bridgehead atoms. The van der Waals surface area contributed by atoms with Crippen LogP contribution in [0.25, 0.3) is 20.4 Å². The zero-order valence-corrected chi connectivity index (χ0v) is 19.8. The molecule has 1 atom stereocenters. The molecule has 3 aromatic heterocycles. The number of thiazole rings is 1. The molecule has 1 N–H and O–H groups in total. The lowest BCUT2D eigenvalue weighted by Gasteiger charge is -2.17. The smallest absolute Gasteiger partial charge is 0.338 e. The number of aromatic nitrogens is 3. The monoisotopic (exact) mass is 482 g/mol. The molecule has 0 spiro atoms. The SMILES string of the molecule is CCOC(=O)c1ccc2nc(NC(=O)Cn3cnc4sc5c(c4c3=O)CCC(C)C5)sc2c1. The Bertz CT molecular complexity index is 1450. The van der Waals surface area contributed by atoms with E-state index in [1.807, 2.05) is 0 Å². The number of carbonyl (C=O) groups excluding carboxylic acids is 2. The largest absolute Gasteiger partial charge is 0.462 e. The van der Waals surface area contributed by atoms with E-state index in [2.05, 4.69) is 22.2 Å². The standard InChI is InChI=1S/C23H22N4O4S2/c1-3-31-22(30)13-5-7-15-17(9-13)33-23(25-15)26-18(28)10-27-11-24-20-19(21(27)29)14-6-4-12(2)8-16(14)32-20/h5,7,9,11-12H,3-4,6,8,10H2,1-2H3,(H,25,26,28). The van der Waals surface area contributed by atoms with E-state index in [1.165, 1.54) is 27.1 Å². The quantitative estimate of drug-likeness (QED) is 0.431. The van der Waals surface area contributed by atoms with Crippen molar-refractivity contribution < 1.29 is 14.3 Å². The van der Waals surface area contributed by atoms with Crippen LogP contribution in [-0.2, 0) is 28.9 Å². The number of nitrogens with zero attached hydrogens (tertiary/aromatic N) is 3. The van der Waals surface area contributed by atoms with Gasteiger partial charge >= 0.3 is 5.97 Å². The zero-order chi connectivity index (χ0) is 23.1. The average molecular weight is 483 g/mol. The van der Waals surface area contributed by atoms with Crippen molar-refractivity contribution in [2.24, 2.45) is 5.92 Å². The number of nitrogens with one attached hydrogen (secondary N) is 1.